The molecule has 4 bridgehead atoms. The number of amides is 3. The Bertz CT molecular complexity index is 1360. The Hall–Kier alpha value is -3.44. The Morgan fingerprint density at radius 2 is 1.92 bits per heavy atom. The largest absolute Gasteiger partial charge is 0.494 e. The highest BCUT2D eigenvalue weighted by atomic mass is 32.2. The maximum atomic E-state index is 14.3. The summed E-state index contributed by atoms with van der Waals surface area (Å²) in [5, 5.41) is 0. The summed E-state index contributed by atoms with van der Waals surface area (Å²) in [4.78, 5) is 45.5. The number of hydrogen-bond acceptors (Lipinski definition) is 6. The highest BCUT2D eigenvalue weighted by molar-refractivity contribution is 7.88. The van der Waals surface area contributed by atoms with Crippen LogP contribution in [0, 0.1) is 0 Å². The Morgan fingerprint density at radius 1 is 1.14 bits per heavy atom. The first kappa shape index (κ1) is 25.2. The molecule has 0 saturated carbocycles. The first-order chi connectivity index (χ1) is 17.6. The molecule has 0 aromatic heterocycles. The highest BCUT2D eigenvalue weighted by Gasteiger charge is 2.61. The fourth-order valence-electron chi connectivity index (χ4n) is 5.72. The number of nitrogens with one attached hydrogen (secondary N) is 1. The molecule has 1 fully saturated rings. The van der Waals surface area contributed by atoms with Crippen molar-refractivity contribution in [1.82, 2.24) is 14.5 Å². The minimum absolute atomic E-state index is 0.106. The molecular formula is C26H30N4O6S. The fraction of sp³-hybridized carbons (Fsp3) is 0.423. The standard InChI is InChI=1S/C26H30N4O6S/c1-28-12-6-14-36-19-8-5-7-18(15-19)24-26(11-13-29(24)22(31)16-27-37(2,34)35)20-9-3-4-10-21(20)30(25(26)33)17-23(28)32/h3-5,7-10,15,24,27H,6,11-14,16-17H2,1-2H3/t24-,26+/m0/s1. The zero-order valence-corrected chi connectivity index (χ0v) is 21.7. The van der Waals surface area contributed by atoms with Crippen LogP contribution in [-0.2, 0) is 29.8 Å². The average molecular weight is 527 g/mol. The zero-order chi connectivity index (χ0) is 26.4. The van der Waals surface area contributed by atoms with Gasteiger partial charge >= 0.3 is 0 Å². The van der Waals surface area contributed by atoms with E-state index in [2.05, 4.69) is 4.72 Å². The normalized spacial score (nSPS) is 23.8. The summed E-state index contributed by atoms with van der Waals surface area (Å²) in [6.07, 6.45) is 1.95. The molecular weight excluding hydrogens is 496 g/mol. The molecule has 196 valence electrons. The molecule has 1 N–H and O–H groups in total. The average Bonchev–Trinajstić information content (AvgIpc) is 3.38. The maximum Gasteiger partial charge on any atom is 0.242 e. The van der Waals surface area contributed by atoms with Gasteiger partial charge in [-0.15, -0.1) is 0 Å². The predicted octanol–water partition coefficient (Wildman–Crippen LogP) is 1.03. The summed E-state index contributed by atoms with van der Waals surface area (Å²) in [7, 11) is -1.88. The Balaban J connectivity index is 1.67. The van der Waals surface area contributed by atoms with E-state index in [1.54, 1.807) is 16.8 Å². The molecule has 0 radical (unpaired) electrons. The van der Waals surface area contributed by atoms with Crippen molar-refractivity contribution in [2.45, 2.75) is 24.3 Å². The quantitative estimate of drug-likeness (QED) is 0.639. The van der Waals surface area contributed by atoms with Crippen molar-refractivity contribution in [3.63, 3.8) is 0 Å². The number of likely N-dealkylation sites (N-methyl/N-ethyl adjacent to an activating group) is 1. The van der Waals surface area contributed by atoms with Crippen LogP contribution in [0.2, 0.25) is 0 Å². The second kappa shape index (κ2) is 9.46. The zero-order valence-electron chi connectivity index (χ0n) is 20.8. The van der Waals surface area contributed by atoms with Gasteiger partial charge in [-0.3, -0.25) is 14.4 Å². The van der Waals surface area contributed by atoms with Crippen LogP contribution in [-0.4, -0.2) is 82.0 Å². The number of likely N-dealkylation sites (tertiary alicyclic amines) is 1. The SMILES string of the molecule is CN1CCCOc2cccc(c2)[C@@H]2N(C(=O)CNS(C)(=O)=O)CC[C@]23C(=O)N(CC1=O)c1ccccc13. The summed E-state index contributed by atoms with van der Waals surface area (Å²) in [6.45, 7) is 0.629. The highest BCUT2D eigenvalue weighted by Crippen LogP contribution is 2.56. The lowest BCUT2D eigenvalue weighted by atomic mass is 9.72. The molecule has 5 rings (SSSR count). The minimum Gasteiger partial charge on any atom is -0.494 e. The Morgan fingerprint density at radius 3 is 2.70 bits per heavy atom. The summed E-state index contributed by atoms with van der Waals surface area (Å²) in [5.74, 6) is -0.257. The van der Waals surface area contributed by atoms with Crippen LogP contribution in [0.1, 0.15) is 30.0 Å². The maximum absolute atomic E-state index is 14.3. The molecule has 3 aliphatic rings. The lowest BCUT2D eigenvalue weighted by molar-refractivity contribution is -0.134. The van der Waals surface area contributed by atoms with Crippen molar-refractivity contribution in [2.24, 2.45) is 0 Å². The van der Waals surface area contributed by atoms with Gasteiger partial charge in [-0.05, 0) is 42.2 Å². The van der Waals surface area contributed by atoms with E-state index in [1.165, 1.54) is 4.90 Å². The molecule has 3 heterocycles. The molecule has 37 heavy (non-hydrogen) atoms. The number of ether oxygens (including phenoxy) is 1. The van der Waals surface area contributed by atoms with Crippen LogP contribution in [0.4, 0.5) is 5.69 Å². The number of para-hydroxylation sites is 1. The number of carbonyl (C=O) groups excluding carboxylic acids is 3. The molecule has 1 saturated heterocycles. The van der Waals surface area contributed by atoms with Crippen molar-refractivity contribution in [2.75, 3.05) is 51.0 Å². The van der Waals surface area contributed by atoms with Crippen LogP contribution >= 0.6 is 0 Å². The van der Waals surface area contributed by atoms with E-state index in [4.69, 9.17) is 4.74 Å². The van der Waals surface area contributed by atoms with Crippen LogP contribution < -0.4 is 14.4 Å². The molecule has 2 aromatic carbocycles. The van der Waals surface area contributed by atoms with E-state index in [1.807, 2.05) is 48.5 Å². The van der Waals surface area contributed by atoms with Gasteiger partial charge in [-0.25, -0.2) is 13.1 Å². The first-order valence-corrected chi connectivity index (χ1v) is 14.1. The van der Waals surface area contributed by atoms with Crippen LogP contribution in [0.25, 0.3) is 0 Å². The third kappa shape index (κ3) is 4.46. The monoisotopic (exact) mass is 526 g/mol. The number of nitrogens with zero attached hydrogens (tertiary/aromatic N) is 3. The van der Waals surface area contributed by atoms with Crippen molar-refractivity contribution in [1.29, 1.82) is 0 Å². The van der Waals surface area contributed by atoms with Crippen molar-refractivity contribution >= 4 is 33.4 Å². The van der Waals surface area contributed by atoms with Crippen LogP contribution in [0.15, 0.2) is 48.5 Å². The molecule has 0 unspecified atom stereocenters. The third-order valence-electron chi connectivity index (χ3n) is 7.43. The molecule has 3 aliphatic heterocycles. The smallest absolute Gasteiger partial charge is 0.242 e. The van der Waals surface area contributed by atoms with E-state index in [0.717, 1.165) is 11.8 Å². The third-order valence-corrected chi connectivity index (χ3v) is 8.10. The molecule has 0 aliphatic carbocycles. The Kier molecular flexibility index (Phi) is 6.45. The Labute approximate surface area is 216 Å². The van der Waals surface area contributed by atoms with E-state index in [0.29, 0.717) is 43.0 Å². The second-order valence-electron chi connectivity index (χ2n) is 9.80. The number of benzene rings is 2. The van der Waals surface area contributed by atoms with E-state index in [9.17, 15) is 22.8 Å². The minimum atomic E-state index is -3.59. The van der Waals surface area contributed by atoms with Crippen molar-refractivity contribution < 1.29 is 27.5 Å². The summed E-state index contributed by atoms with van der Waals surface area (Å²) >= 11 is 0. The van der Waals surface area contributed by atoms with Gasteiger partial charge in [0.1, 0.15) is 17.7 Å². The molecule has 2 aromatic rings. The molecule has 2 atom stereocenters. The summed E-state index contributed by atoms with van der Waals surface area (Å²) < 4.78 is 31.6. The number of fused-ring (bicyclic) bond motifs is 6. The van der Waals surface area contributed by atoms with Gasteiger partial charge in [0.2, 0.25) is 27.7 Å². The van der Waals surface area contributed by atoms with E-state index < -0.39 is 33.9 Å². The number of rotatable bonds is 3. The lowest BCUT2D eigenvalue weighted by Crippen LogP contribution is -2.49. The van der Waals surface area contributed by atoms with Gasteiger partial charge in [-0.2, -0.15) is 0 Å². The number of sulfonamides is 1. The number of carbonyl (C=O) groups is 3. The molecule has 10 nitrogen and oxygen atoms in total. The molecule has 11 heteroatoms. The second-order valence-corrected chi connectivity index (χ2v) is 11.6. The topological polar surface area (TPSA) is 116 Å². The van der Waals surface area contributed by atoms with Gasteiger partial charge in [0.25, 0.3) is 0 Å². The molecule has 3 amide bonds. The number of hydrogen-bond donors (Lipinski definition) is 1. The van der Waals surface area contributed by atoms with Gasteiger partial charge in [-0.1, -0.05) is 30.3 Å². The summed E-state index contributed by atoms with van der Waals surface area (Å²) in [6, 6.07) is 14.1. The predicted molar refractivity (Wildman–Crippen MR) is 137 cm³/mol. The van der Waals surface area contributed by atoms with Crippen LogP contribution in [0.5, 0.6) is 5.75 Å². The van der Waals surface area contributed by atoms with Crippen molar-refractivity contribution in [3.8, 4) is 5.75 Å². The van der Waals surface area contributed by atoms with E-state index in [-0.39, 0.29) is 24.9 Å². The van der Waals surface area contributed by atoms with Gasteiger partial charge in [0, 0.05) is 25.8 Å². The summed E-state index contributed by atoms with van der Waals surface area (Å²) in [5.41, 5.74) is 1.00. The molecule has 1 spiro atoms. The van der Waals surface area contributed by atoms with Gasteiger partial charge in [0.05, 0.1) is 25.4 Å². The van der Waals surface area contributed by atoms with Gasteiger partial charge in [0.15, 0.2) is 0 Å². The lowest BCUT2D eigenvalue weighted by Gasteiger charge is -2.35. The number of anilines is 1. The van der Waals surface area contributed by atoms with Gasteiger partial charge < -0.3 is 19.4 Å². The van der Waals surface area contributed by atoms with Crippen molar-refractivity contribution in [3.05, 3.63) is 59.7 Å². The van der Waals surface area contributed by atoms with E-state index >= 15 is 0 Å². The van der Waals surface area contributed by atoms with Crippen LogP contribution in [0.3, 0.4) is 0 Å². The fourth-order valence-corrected chi connectivity index (χ4v) is 6.10. The first-order valence-electron chi connectivity index (χ1n) is 12.2.